The molecule has 1 N–H and O–H groups in total. The molecule has 1 aromatic heterocycles. The second-order valence-corrected chi connectivity index (χ2v) is 6.93. The van der Waals surface area contributed by atoms with Gasteiger partial charge < -0.3 is 10.0 Å². The highest BCUT2D eigenvalue weighted by atomic mass is 16.3. The molecule has 134 valence electrons. The number of anilines is 1. The summed E-state index contributed by atoms with van der Waals surface area (Å²) in [5.74, 6) is 1.35. The molecular weight excluding hydrogens is 322 g/mol. The van der Waals surface area contributed by atoms with Gasteiger partial charge in [0.15, 0.2) is 0 Å². The van der Waals surface area contributed by atoms with Gasteiger partial charge in [-0.15, -0.1) is 0 Å². The van der Waals surface area contributed by atoms with Gasteiger partial charge in [0.2, 0.25) is 0 Å². The highest BCUT2D eigenvalue weighted by molar-refractivity contribution is 5.95. The molecule has 2 aromatic carbocycles. The van der Waals surface area contributed by atoms with Crippen molar-refractivity contribution in [2.75, 3.05) is 37.6 Å². The van der Waals surface area contributed by atoms with Crippen molar-refractivity contribution in [3.05, 3.63) is 54.6 Å². The van der Waals surface area contributed by atoms with Gasteiger partial charge in [-0.25, -0.2) is 4.98 Å². The van der Waals surface area contributed by atoms with Crippen molar-refractivity contribution in [1.82, 2.24) is 9.88 Å². The minimum Gasteiger partial charge on any atom is -0.508 e. The van der Waals surface area contributed by atoms with Gasteiger partial charge in [-0.2, -0.15) is 0 Å². The van der Waals surface area contributed by atoms with E-state index in [1.807, 2.05) is 12.1 Å². The summed E-state index contributed by atoms with van der Waals surface area (Å²) in [5, 5.41) is 12.0. The molecule has 3 aromatic rings. The summed E-state index contributed by atoms with van der Waals surface area (Å²) in [6.07, 6.45) is 1.21. The van der Waals surface area contributed by atoms with Gasteiger partial charge in [-0.3, -0.25) is 4.90 Å². The van der Waals surface area contributed by atoms with Gasteiger partial charge in [0.05, 0.1) is 5.69 Å². The number of phenolic OH excluding ortho intramolecular Hbond substituents is 1. The van der Waals surface area contributed by atoms with Gasteiger partial charge in [0, 0.05) is 37.1 Å². The van der Waals surface area contributed by atoms with Crippen LogP contribution in [0.5, 0.6) is 5.75 Å². The molecule has 0 atom stereocenters. The van der Waals surface area contributed by atoms with Crippen LogP contribution in [0.15, 0.2) is 54.6 Å². The SMILES string of the molecule is CCCN1CCN(c2nc(-c3ccc(O)cc3)cc3ccccc23)CC1. The van der Waals surface area contributed by atoms with E-state index < -0.39 is 0 Å². The summed E-state index contributed by atoms with van der Waals surface area (Å²) in [5.41, 5.74) is 1.98. The molecule has 1 aliphatic heterocycles. The Morgan fingerprint density at radius 3 is 2.42 bits per heavy atom. The number of hydrogen-bond donors (Lipinski definition) is 1. The fourth-order valence-electron chi connectivity index (χ4n) is 3.70. The summed E-state index contributed by atoms with van der Waals surface area (Å²) >= 11 is 0. The van der Waals surface area contributed by atoms with Crippen LogP contribution in [0.4, 0.5) is 5.82 Å². The van der Waals surface area contributed by atoms with Crippen LogP contribution in [0.25, 0.3) is 22.0 Å². The van der Waals surface area contributed by atoms with Crippen molar-refractivity contribution in [1.29, 1.82) is 0 Å². The average Bonchev–Trinajstić information content (AvgIpc) is 2.69. The van der Waals surface area contributed by atoms with Crippen LogP contribution in [-0.2, 0) is 0 Å². The third kappa shape index (κ3) is 3.37. The van der Waals surface area contributed by atoms with Gasteiger partial charge in [-0.05, 0) is 48.7 Å². The number of pyridine rings is 1. The lowest BCUT2D eigenvalue weighted by atomic mass is 10.1. The zero-order chi connectivity index (χ0) is 17.9. The molecule has 1 aliphatic rings. The lowest BCUT2D eigenvalue weighted by Gasteiger charge is -2.36. The van der Waals surface area contributed by atoms with Crippen molar-refractivity contribution in [3.8, 4) is 17.0 Å². The van der Waals surface area contributed by atoms with Crippen molar-refractivity contribution in [2.45, 2.75) is 13.3 Å². The van der Waals surface area contributed by atoms with Crippen LogP contribution in [0.1, 0.15) is 13.3 Å². The number of nitrogens with zero attached hydrogens (tertiary/aromatic N) is 3. The van der Waals surface area contributed by atoms with E-state index in [9.17, 15) is 5.11 Å². The van der Waals surface area contributed by atoms with Crippen LogP contribution in [0.3, 0.4) is 0 Å². The minimum absolute atomic E-state index is 0.279. The summed E-state index contributed by atoms with van der Waals surface area (Å²) in [6, 6.07) is 17.9. The highest BCUT2D eigenvalue weighted by Gasteiger charge is 2.20. The Morgan fingerprint density at radius 1 is 0.962 bits per heavy atom. The molecule has 0 aliphatic carbocycles. The van der Waals surface area contributed by atoms with Gasteiger partial charge in [0.25, 0.3) is 0 Å². The molecule has 2 heterocycles. The predicted molar refractivity (Wildman–Crippen MR) is 108 cm³/mol. The molecule has 0 saturated carbocycles. The number of piperazine rings is 1. The lowest BCUT2D eigenvalue weighted by Crippen LogP contribution is -2.46. The summed E-state index contributed by atoms with van der Waals surface area (Å²) in [7, 11) is 0. The maximum absolute atomic E-state index is 9.57. The number of hydrogen-bond acceptors (Lipinski definition) is 4. The molecule has 4 nitrogen and oxygen atoms in total. The number of phenols is 1. The average molecular weight is 347 g/mol. The maximum Gasteiger partial charge on any atom is 0.137 e. The third-order valence-corrected chi connectivity index (χ3v) is 5.09. The van der Waals surface area contributed by atoms with Crippen LogP contribution < -0.4 is 4.90 Å². The molecule has 26 heavy (non-hydrogen) atoms. The van der Waals surface area contributed by atoms with E-state index in [4.69, 9.17) is 4.98 Å². The van der Waals surface area contributed by atoms with Crippen molar-refractivity contribution >= 4 is 16.6 Å². The Kier molecular flexibility index (Phi) is 4.76. The van der Waals surface area contributed by atoms with Crippen molar-refractivity contribution < 1.29 is 5.11 Å². The van der Waals surface area contributed by atoms with E-state index >= 15 is 0 Å². The third-order valence-electron chi connectivity index (χ3n) is 5.09. The molecule has 1 saturated heterocycles. The first-order chi connectivity index (χ1) is 12.7. The second-order valence-electron chi connectivity index (χ2n) is 6.93. The van der Waals surface area contributed by atoms with Crippen molar-refractivity contribution in [3.63, 3.8) is 0 Å². The quantitative estimate of drug-likeness (QED) is 0.770. The van der Waals surface area contributed by atoms with E-state index in [0.717, 1.165) is 43.3 Å². The van der Waals surface area contributed by atoms with E-state index in [2.05, 4.69) is 47.1 Å². The van der Waals surface area contributed by atoms with Crippen LogP contribution >= 0.6 is 0 Å². The Labute approximate surface area is 154 Å². The first kappa shape index (κ1) is 16.9. The molecule has 1 fully saturated rings. The Hall–Kier alpha value is -2.59. The molecule has 4 rings (SSSR count). The molecule has 0 amide bonds. The Balaban J connectivity index is 1.72. The van der Waals surface area contributed by atoms with E-state index in [-0.39, 0.29) is 5.75 Å². The summed E-state index contributed by atoms with van der Waals surface area (Å²) in [4.78, 5) is 9.97. The molecular formula is C22H25N3O. The van der Waals surface area contributed by atoms with Gasteiger partial charge in [-0.1, -0.05) is 31.2 Å². The topological polar surface area (TPSA) is 39.6 Å². The van der Waals surface area contributed by atoms with Crippen LogP contribution in [0.2, 0.25) is 0 Å². The number of fused-ring (bicyclic) bond motifs is 1. The fourth-order valence-corrected chi connectivity index (χ4v) is 3.70. The summed E-state index contributed by atoms with van der Waals surface area (Å²) < 4.78 is 0. The number of aromatic nitrogens is 1. The molecule has 0 spiro atoms. The molecule has 0 bridgehead atoms. The normalized spacial score (nSPS) is 15.5. The van der Waals surface area contributed by atoms with Crippen molar-refractivity contribution in [2.24, 2.45) is 0 Å². The van der Waals surface area contributed by atoms with E-state index in [0.29, 0.717) is 0 Å². The summed E-state index contributed by atoms with van der Waals surface area (Å²) in [6.45, 7) is 7.62. The monoisotopic (exact) mass is 347 g/mol. The van der Waals surface area contributed by atoms with Crippen LogP contribution in [0, 0.1) is 0 Å². The minimum atomic E-state index is 0.279. The second kappa shape index (κ2) is 7.34. The zero-order valence-electron chi connectivity index (χ0n) is 15.2. The lowest BCUT2D eigenvalue weighted by molar-refractivity contribution is 0.258. The number of rotatable bonds is 4. The number of aromatic hydroxyl groups is 1. The smallest absolute Gasteiger partial charge is 0.137 e. The molecule has 0 radical (unpaired) electrons. The maximum atomic E-state index is 9.57. The largest absolute Gasteiger partial charge is 0.508 e. The van der Waals surface area contributed by atoms with Gasteiger partial charge in [0.1, 0.15) is 11.6 Å². The zero-order valence-corrected chi connectivity index (χ0v) is 15.2. The highest BCUT2D eigenvalue weighted by Crippen LogP contribution is 2.31. The first-order valence-electron chi connectivity index (χ1n) is 9.41. The molecule has 0 unspecified atom stereocenters. The Bertz CT molecular complexity index is 884. The molecule has 4 heteroatoms. The predicted octanol–water partition coefficient (Wildman–Crippen LogP) is 4.14. The van der Waals surface area contributed by atoms with E-state index in [1.54, 1.807) is 12.1 Å². The fraction of sp³-hybridized carbons (Fsp3) is 0.318. The Morgan fingerprint density at radius 2 is 1.69 bits per heavy atom. The first-order valence-corrected chi connectivity index (χ1v) is 9.41. The standard InChI is InChI=1S/C22H25N3O/c1-2-11-24-12-14-25(15-13-24)22-20-6-4-3-5-18(20)16-21(23-22)17-7-9-19(26)10-8-17/h3-10,16,26H,2,11-15H2,1H3. The van der Waals surface area contributed by atoms with E-state index in [1.165, 1.54) is 23.7 Å². The van der Waals surface area contributed by atoms with Crippen LogP contribution in [-0.4, -0.2) is 47.7 Å². The van der Waals surface area contributed by atoms with Gasteiger partial charge >= 0.3 is 0 Å². The number of benzene rings is 2.